The van der Waals surface area contributed by atoms with Crippen molar-refractivity contribution in [2.75, 3.05) is 25.0 Å². The van der Waals surface area contributed by atoms with Gasteiger partial charge in [-0.1, -0.05) is 17.6 Å². The van der Waals surface area contributed by atoms with Gasteiger partial charge < -0.3 is 19.4 Å². The standard InChI is InChI=1S/C24H35N5O3/c1-15(2)31-24(30)29-10-9-28(13-17(29)4)14-20-11-16(3)12-21(18(20)5)25-23-27-26-22(32-23)19-7-6-8-19/h11-12,15,17,19H,6-10,13-14H2,1-5H3,(H,25,27)/t17-/m0/s1. The summed E-state index contributed by atoms with van der Waals surface area (Å²) in [5, 5.41) is 11.8. The second-order valence-electron chi connectivity index (χ2n) is 9.50. The van der Waals surface area contributed by atoms with Gasteiger partial charge in [0.05, 0.1) is 6.10 Å². The number of rotatable bonds is 6. The predicted molar refractivity (Wildman–Crippen MR) is 123 cm³/mol. The number of nitrogens with one attached hydrogen (secondary N) is 1. The quantitative estimate of drug-likeness (QED) is 0.692. The summed E-state index contributed by atoms with van der Waals surface area (Å²) in [7, 11) is 0. The third-order valence-corrected chi connectivity index (χ3v) is 6.47. The maximum absolute atomic E-state index is 12.3. The van der Waals surface area contributed by atoms with Crippen LogP contribution in [0.3, 0.4) is 0 Å². The first-order valence-corrected chi connectivity index (χ1v) is 11.7. The fraction of sp³-hybridized carbons (Fsp3) is 0.625. The van der Waals surface area contributed by atoms with Gasteiger partial charge in [0.1, 0.15) is 0 Å². The molecule has 0 spiro atoms. The highest BCUT2D eigenvalue weighted by Crippen LogP contribution is 2.36. The largest absolute Gasteiger partial charge is 0.447 e. The molecule has 2 fully saturated rings. The summed E-state index contributed by atoms with van der Waals surface area (Å²) < 4.78 is 11.2. The lowest BCUT2D eigenvalue weighted by Crippen LogP contribution is -2.54. The molecule has 2 aromatic rings. The Bertz CT molecular complexity index is 953. The molecule has 8 heteroatoms. The number of aromatic nitrogens is 2. The summed E-state index contributed by atoms with van der Waals surface area (Å²) >= 11 is 0. The molecule has 1 aliphatic carbocycles. The molecule has 0 unspecified atom stereocenters. The number of aryl methyl sites for hydroxylation is 1. The van der Waals surface area contributed by atoms with E-state index in [1.54, 1.807) is 0 Å². The van der Waals surface area contributed by atoms with Crippen LogP contribution in [0.1, 0.15) is 68.5 Å². The maximum Gasteiger partial charge on any atom is 0.410 e. The molecule has 1 N–H and O–H groups in total. The summed E-state index contributed by atoms with van der Waals surface area (Å²) in [5.74, 6) is 1.16. The summed E-state index contributed by atoms with van der Waals surface area (Å²) in [4.78, 5) is 16.6. The van der Waals surface area contributed by atoms with Crippen LogP contribution in [0, 0.1) is 13.8 Å². The number of piperazine rings is 1. The van der Waals surface area contributed by atoms with Crippen molar-refractivity contribution >= 4 is 17.8 Å². The van der Waals surface area contributed by atoms with E-state index in [-0.39, 0.29) is 18.2 Å². The molecule has 2 heterocycles. The van der Waals surface area contributed by atoms with E-state index in [4.69, 9.17) is 9.15 Å². The monoisotopic (exact) mass is 441 g/mol. The van der Waals surface area contributed by atoms with Crippen LogP contribution in [0.25, 0.3) is 0 Å². The van der Waals surface area contributed by atoms with Gasteiger partial charge in [-0.25, -0.2) is 4.79 Å². The molecule has 0 radical (unpaired) electrons. The van der Waals surface area contributed by atoms with Crippen molar-refractivity contribution in [2.45, 2.75) is 78.5 Å². The lowest BCUT2D eigenvalue weighted by molar-refractivity contribution is 0.0349. The lowest BCUT2D eigenvalue weighted by atomic mass is 9.85. The van der Waals surface area contributed by atoms with Gasteiger partial charge in [-0.3, -0.25) is 4.90 Å². The normalized spacial score (nSPS) is 19.8. The highest BCUT2D eigenvalue weighted by Gasteiger charge is 2.29. The number of carbonyl (C=O) groups is 1. The Morgan fingerprint density at radius 3 is 2.69 bits per heavy atom. The van der Waals surface area contributed by atoms with E-state index in [1.807, 2.05) is 18.7 Å². The van der Waals surface area contributed by atoms with E-state index < -0.39 is 0 Å². The SMILES string of the molecule is Cc1cc(CN2CCN(C(=O)OC(C)C)[C@@H](C)C2)c(C)c(Nc2nnc(C3CCC3)o2)c1. The van der Waals surface area contributed by atoms with Gasteiger partial charge in [0, 0.05) is 43.8 Å². The molecule has 4 rings (SSSR count). The Morgan fingerprint density at radius 1 is 1.25 bits per heavy atom. The topological polar surface area (TPSA) is 83.7 Å². The van der Waals surface area contributed by atoms with E-state index in [9.17, 15) is 4.79 Å². The van der Waals surface area contributed by atoms with Crippen LogP contribution in [0.2, 0.25) is 0 Å². The third kappa shape index (κ3) is 5.06. The molecule has 1 atom stereocenters. The smallest absolute Gasteiger partial charge is 0.410 e. The van der Waals surface area contributed by atoms with Gasteiger partial charge >= 0.3 is 12.1 Å². The molecule has 0 bridgehead atoms. The van der Waals surface area contributed by atoms with Crippen LogP contribution >= 0.6 is 0 Å². The lowest BCUT2D eigenvalue weighted by Gasteiger charge is -2.39. The highest BCUT2D eigenvalue weighted by atomic mass is 16.6. The Kier molecular flexibility index (Phi) is 6.69. The first-order chi connectivity index (χ1) is 15.3. The molecule has 2 aliphatic rings. The first kappa shape index (κ1) is 22.6. The van der Waals surface area contributed by atoms with Crippen molar-refractivity contribution in [1.82, 2.24) is 20.0 Å². The second-order valence-corrected chi connectivity index (χ2v) is 9.50. The molecular formula is C24H35N5O3. The van der Waals surface area contributed by atoms with Gasteiger partial charge in [0.25, 0.3) is 0 Å². The zero-order chi connectivity index (χ0) is 22.8. The number of amides is 1. The van der Waals surface area contributed by atoms with E-state index in [2.05, 4.69) is 53.3 Å². The molecule has 174 valence electrons. The molecule has 1 aliphatic heterocycles. The van der Waals surface area contributed by atoms with Crippen LogP contribution < -0.4 is 5.32 Å². The summed E-state index contributed by atoms with van der Waals surface area (Å²) in [6.07, 6.45) is 3.19. The van der Waals surface area contributed by atoms with Crippen molar-refractivity contribution in [1.29, 1.82) is 0 Å². The summed E-state index contributed by atoms with van der Waals surface area (Å²) in [6, 6.07) is 4.92. The molecular weight excluding hydrogens is 406 g/mol. The molecule has 1 saturated carbocycles. The van der Waals surface area contributed by atoms with Crippen LogP contribution in [0.15, 0.2) is 16.5 Å². The zero-order valence-electron chi connectivity index (χ0n) is 19.9. The van der Waals surface area contributed by atoms with Crippen molar-refractivity contribution in [3.63, 3.8) is 0 Å². The Morgan fingerprint density at radius 2 is 2.03 bits per heavy atom. The molecule has 8 nitrogen and oxygen atoms in total. The fourth-order valence-corrected chi connectivity index (χ4v) is 4.41. The average Bonchev–Trinajstić information content (AvgIpc) is 3.11. The van der Waals surface area contributed by atoms with E-state index in [1.165, 1.54) is 23.1 Å². The number of anilines is 2. The van der Waals surface area contributed by atoms with Crippen LogP contribution in [-0.2, 0) is 11.3 Å². The van der Waals surface area contributed by atoms with Gasteiger partial charge in [0.2, 0.25) is 5.89 Å². The Balaban J connectivity index is 1.41. The molecule has 1 amide bonds. The Labute approximate surface area is 190 Å². The van der Waals surface area contributed by atoms with Crippen molar-refractivity contribution in [3.8, 4) is 0 Å². The van der Waals surface area contributed by atoms with Gasteiger partial charge in [-0.05, 0) is 70.2 Å². The van der Waals surface area contributed by atoms with Crippen LogP contribution in [0.5, 0.6) is 0 Å². The minimum absolute atomic E-state index is 0.0998. The van der Waals surface area contributed by atoms with E-state index >= 15 is 0 Å². The maximum atomic E-state index is 12.3. The third-order valence-electron chi connectivity index (χ3n) is 6.47. The molecule has 1 aromatic carbocycles. The summed E-state index contributed by atoms with van der Waals surface area (Å²) in [6.45, 7) is 13.2. The van der Waals surface area contributed by atoms with Gasteiger partial charge in [0.15, 0.2) is 0 Å². The van der Waals surface area contributed by atoms with Crippen LogP contribution in [-0.4, -0.2) is 57.9 Å². The van der Waals surface area contributed by atoms with Crippen LogP contribution in [0.4, 0.5) is 16.5 Å². The molecule has 32 heavy (non-hydrogen) atoms. The number of hydrogen-bond acceptors (Lipinski definition) is 7. The fourth-order valence-electron chi connectivity index (χ4n) is 4.41. The minimum Gasteiger partial charge on any atom is -0.447 e. The number of hydrogen-bond donors (Lipinski definition) is 1. The number of carbonyl (C=O) groups excluding carboxylic acids is 1. The minimum atomic E-state index is -0.216. The first-order valence-electron chi connectivity index (χ1n) is 11.7. The van der Waals surface area contributed by atoms with E-state index in [0.29, 0.717) is 18.5 Å². The molecule has 1 saturated heterocycles. The van der Waals surface area contributed by atoms with Crippen molar-refractivity contribution in [2.24, 2.45) is 0 Å². The number of nitrogens with zero attached hydrogens (tertiary/aromatic N) is 4. The summed E-state index contributed by atoms with van der Waals surface area (Å²) in [5.41, 5.74) is 4.61. The number of benzene rings is 1. The van der Waals surface area contributed by atoms with E-state index in [0.717, 1.165) is 44.1 Å². The Hall–Kier alpha value is -2.61. The second kappa shape index (κ2) is 9.48. The molecule has 1 aromatic heterocycles. The highest BCUT2D eigenvalue weighted by molar-refractivity contribution is 5.68. The number of ether oxygens (including phenoxy) is 1. The zero-order valence-corrected chi connectivity index (χ0v) is 19.9. The van der Waals surface area contributed by atoms with Gasteiger partial charge in [-0.15, -0.1) is 5.10 Å². The average molecular weight is 442 g/mol. The van der Waals surface area contributed by atoms with Crippen molar-refractivity contribution in [3.05, 3.63) is 34.7 Å². The predicted octanol–water partition coefficient (Wildman–Crippen LogP) is 4.75. The van der Waals surface area contributed by atoms with Crippen molar-refractivity contribution < 1.29 is 13.9 Å². The van der Waals surface area contributed by atoms with Gasteiger partial charge in [-0.2, -0.15) is 0 Å².